The first-order valence-corrected chi connectivity index (χ1v) is 6.10. The van der Waals surface area contributed by atoms with Crippen molar-refractivity contribution in [1.82, 2.24) is 0 Å². The second-order valence-corrected chi connectivity index (χ2v) is 4.64. The van der Waals surface area contributed by atoms with Gasteiger partial charge in [-0.15, -0.1) is 6.42 Å². The van der Waals surface area contributed by atoms with Crippen LogP contribution in [0.5, 0.6) is 0 Å². The lowest BCUT2D eigenvalue weighted by Gasteiger charge is -2.32. The molecule has 2 rings (SSSR count). The van der Waals surface area contributed by atoms with E-state index in [2.05, 4.69) is 5.92 Å². The second-order valence-electron chi connectivity index (χ2n) is 4.64. The van der Waals surface area contributed by atoms with Crippen molar-refractivity contribution in [3.05, 3.63) is 0 Å². The molecular formula is C13H18O4. The van der Waals surface area contributed by atoms with E-state index in [0.29, 0.717) is 6.61 Å². The summed E-state index contributed by atoms with van der Waals surface area (Å²) in [5.74, 6) is 1.59. The molecule has 0 aromatic heterocycles. The van der Waals surface area contributed by atoms with Crippen LogP contribution in [0.4, 0.5) is 0 Å². The average Bonchev–Trinajstić information content (AvgIpc) is 2.71. The average molecular weight is 238 g/mol. The van der Waals surface area contributed by atoms with E-state index in [1.165, 1.54) is 13.3 Å². The van der Waals surface area contributed by atoms with Crippen molar-refractivity contribution in [3.8, 4) is 12.3 Å². The summed E-state index contributed by atoms with van der Waals surface area (Å²) in [6, 6.07) is 0. The molecule has 4 heteroatoms. The summed E-state index contributed by atoms with van der Waals surface area (Å²) in [5.41, 5.74) is 0. The minimum atomic E-state index is -0.645. The van der Waals surface area contributed by atoms with Crippen LogP contribution in [0.1, 0.15) is 39.0 Å². The summed E-state index contributed by atoms with van der Waals surface area (Å²) >= 11 is 0. The van der Waals surface area contributed by atoms with Gasteiger partial charge in [-0.2, -0.15) is 0 Å². The fourth-order valence-corrected chi connectivity index (χ4v) is 2.48. The van der Waals surface area contributed by atoms with Gasteiger partial charge in [-0.3, -0.25) is 4.79 Å². The first kappa shape index (κ1) is 12.4. The third-order valence-corrected chi connectivity index (χ3v) is 3.29. The topological polar surface area (TPSA) is 44.8 Å². The lowest BCUT2D eigenvalue weighted by Crippen LogP contribution is -2.37. The number of carbonyl (C=O) groups excluding carboxylic acids is 1. The first-order valence-electron chi connectivity index (χ1n) is 6.10. The van der Waals surface area contributed by atoms with Gasteiger partial charge in [0.1, 0.15) is 6.10 Å². The van der Waals surface area contributed by atoms with Gasteiger partial charge in [-0.1, -0.05) is 12.3 Å². The van der Waals surface area contributed by atoms with Gasteiger partial charge in [0.15, 0.2) is 11.9 Å². The van der Waals surface area contributed by atoms with E-state index in [4.69, 9.17) is 20.6 Å². The quantitative estimate of drug-likeness (QED) is 0.542. The number of hydrogen-bond donors (Lipinski definition) is 0. The molecule has 4 nitrogen and oxygen atoms in total. The van der Waals surface area contributed by atoms with Gasteiger partial charge in [0.05, 0.1) is 6.61 Å². The lowest BCUT2D eigenvalue weighted by molar-refractivity contribution is -0.196. The molecule has 94 valence electrons. The van der Waals surface area contributed by atoms with Crippen molar-refractivity contribution >= 4 is 5.97 Å². The number of hydrogen-bond acceptors (Lipinski definition) is 4. The Kier molecular flexibility index (Phi) is 3.70. The van der Waals surface area contributed by atoms with Crippen LogP contribution >= 0.6 is 0 Å². The normalized spacial score (nSPS) is 28.6. The van der Waals surface area contributed by atoms with Crippen molar-refractivity contribution in [3.63, 3.8) is 0 Å². The second kappa shape index (κ2) is 5.07. The monoisotopic (exact) mass is 238 g/mol. The molecule has 1 saturated heterocycles. The number of esters is 1. The maximum atomic E-state index is 10.9. The number of rotatable bonds is 2. The molecule has 2 fully saturated rings. The Morgan fingerprint density at radius 1 is 1.47 bits per heavy atom. The summed E-state index contributed by atoms with van der Waals surface area (Å²) in [5, 5.41) is 0. The molecule has 0 aromatic carbocycles. The molecule has 1 spiro atoms. The van der Waals surface area contributed by atoms with Gasteiger partial charge >= 0.3 is 5.97 Å². The van der Waals surface area contributed by atoms with Crippen LogP contribution in [-0.4, -0.2) is 30.6 Å². The third-order valence-electron chi connectivity index (χ3n) is 3.29. The van der Waals surface area contributed by atoms with Crippen LogP contribution in [-0.2, 0) is 19.0 Å². The maximum absolute atomic E-state index is 10.9. The van der Waals surface area contributed by atoms with Crippen molar-refractivity contribution in [1.29, 1.82) is 0 Å². The highest BCUT2D eigenvalue weighted by molar-refractivity contribution is 5.66. The van der Waals surface area contributed by atoms with E-state index in [9.17, 15) is 4.79 Å². The zero-order valence-electron chi connectivity index (χ0n) is 10.1. The zero-order chi connectivity index (χ0) is 12.3. The Labute approximate surface area is 102 Å². The largest absolute Gasteiger partial charge is 0.446 e. The molecule has 0 bridgehead atoms. The van der Waals surface area contributed by atoms with Gasteiger partial charge in [-0.05, 0) is 12.8 Å². The van der Waals surface area contributed by atoms with Crippen molar-refractivity contribution in [2.75, 3.05) is 6.61 Å². The summed E-state index contributed by atoms with van der Waals surface area (Å²) in [7, 11) is 0. The van der Waals surface area contributed by atoms with Gasteiger partial charge < -0.3 is 14.2 Å². The molecule has 0 radical (unpaired) electrons. The van der Waals surface area contributed by atoms with E-state index in [1.54, 1.807) is 0 Å². The summed E-state index contributed by atoms with van der Waals surface area (Å²) < 4.78 is 16.7. The van der Waals surface area contributed by atoms with Crippen LogP contribution in [0.25, 0.3) is 0 Å². The number of carbonyl (C=O) groups is 1. The van der Waals surface area contributed by atoms with Crippen molar-refractivity contribution in [2.45, 2.75) is 57.0 Å². The van der Waals surface area contributed by atoms with Crippen LogP contribution in [0.3, 0.4) is 0 Å². The minimum Gasteiger partial charge on any atom is -0.446 e. The Balaban J connectivity index is 1.96. The van der Waals surface area contributed by atoms with Gasteiger partial charge in [0.2, 0.25) is 0 Å². The van der Waals surface area contributed by atoms with E-state index in [0.717, 1.165) is 25.7 Å². The van der Waals surface area contributed by atoms with Gasteiger partial charge in [-0.25, -0.2) is 0 Å². The molecule has 17 heavy (non-hydrogen) atoms. The highest BCUT2D eigenvalue weighted by atomic mass is 16.8. The SMILES string of the molecule is C#CC(OC(C)=O)[C@H]1COC2(CCCCC2)O1. The fourth-order valence-electron chi connectivity index (χ4n) is 2.48. The molecule has 1 unspecified atom stereocenters. The molecule has 2 aliphatic rings. The Morgan fingerprint density at radius 3 is 2.76 bits per heavy atom. The maximum Gasteiger partial charge on any atom is 0.303 e. The highest BCUT2D eigenvalue weighted by Crippen LogP contribution is 2.38. The molecule has 0 aromatic rings. The van der Waals surface area contributed by atoms with Crippen molar-refractivity contribution < 1.29 is 19.0 Å². The fraction of sp³-hybridized carbons (Fsp3) is 0.769. The molecule has 1 aliphatic carbocycles. The Hall–Kier alpha value is -1.05. The molecule has 1 aliphatic heterocycles. The molecule has 0 N–H and O–H groups in total. The Morgan fingerprint density at radius 2 is 2.18 bits per heavy atom. The molecule has 2 atom stereocenters. The Bertz CT molecular complexity index is 325. The zero-order valence-corrected chi connectivity index (χ0v) is 10.1. The summed E-state index contributed by atoms with van der Waals surface area (Å²) in [4.78, 5) is 10.9. The van der Waals surface area contributed by atoms with E-state index in [1.807, 2.05) is 0 Å². The smallest absolute Gasteiger partial charge is 0.303 e. The number of ether oxygens (including phenoxy) is 3. The van der Waals surface area contributed by atoms with Gasteiger partial charge in [0.25, 0.3) is 0 Å². The van der Waals surface area contributed by atoms with E-state index >= 15 is 0 Å². The minimum absolute atomic E-state index is 0.331. The lowest BCUT2D eigenvalue weighted by atomic mass is 9.94. The molecule has 1 heterocycles. The standard InChI is InChI=1S/C13H18O4/c1-3-11(16-10(2)14)12-9-15-13(17-12)7-5-4-6-8-13/h1,11-12H,4-9H2,2H3/t11?,12-/m1/s1. The molecular weight excluding hydrogens is 220 g/mol. The molecule has 0 amide bonds. The van der Waals surface area contributed by atoms with E-state index < -0.39 is 11.9 Å². The van der Waals surface area contributed by atoms with Gasteiger partial charge in [0, 0.05) is 19.8 Å². The van der Waals surface area contributed by atoms with Crippen LogP contribution in [0.2, 0.25) is 0 Å². The van der Waals surface area contributed by atoms with Crippen LogP contribution in [0.15, 0.2) is 0 Å². The predicted octanol–water partition coefficient (Wildman–Crippen LogP) is 1.63. The summed E-state index contributed by atoms with van der Waals surface area (Å²) in [6.07, 6.45) is 9.64. The third kappa shape index (κ3) is 2.80. The predicted molar refractivity (Wildman–Crippen MR) is 61.0 cm³/mol. The summed E-state index contributed by atoms with van der Waals surface area (Å²) in [6.45, 7) is 1.75. The van der Waals surface area contributed by atoms with Crippen LogP contribution < -0.4 is 0 Å². The number of terminal acetylenes is 1. The van der Waals surface area contributed by atoms with Crippen LogP contribution in [0, 0.1) is 12.3 Å². The highest BCUT2D eigenvalue weighted by Gasteiger charge is 2.45. The first-order chi connectivity index (χ1) is 8.15. The molecule has 1 saturated carbocycles. The van der Waals surface area contributed by atoms with Crippen molar-refractivity contribution in [2.24, 2.45) is 0 Å². The van der Waals surface area contributed by atoms with E-state index in [-0.39, 0.29) is 12.1 Å².